The number of nitrogens with zero attached hydrogens (tertiary/aromatic N) is 5. The second-order valence-corrected chi connectivity index (χ2v) is 12.9. The Labute approximate surface area is 271 Å². The first-order chi connectivity index (χ1) is 22.3. The molecule has 9 nitrogen and oxygen atoms in total. The third-order valence-corrected chi connectivity index (χ3v) is 9.95. The number of amides is 3. The molecular formula is C37H43N5O4. The van der Waals surface area contributed by atoms with E-state index in [1.165, 1.54) is 0 Å². The van der Waals surface area contributed by atoms with Crippen LogP contribution >= 0.6 is 0 Å². The number of aromatic nitrogens is 1. The second kappa shape index (κ2) is 14.0. The lowest BCUT2D eigenvalue weighted by Crippen LogP contribution is -2.55. The van der Waals surface area contributed by atoms with Gasteiger partial charge in [0.1, 0.15) is 6.29 Å². The Balaban J connectivity index is 1.08. The van der Waals surface area contributed by atoms with Crippen molar-refractivity contribution in [2.45, 2.75) is 45.6 Å². The Morgan fingerprint density at radius 3 is 1.78 bits per heavy atom. The van der Waals surface area contributed by atoms with Gasteiger partial charge in [-0.05, 0) is 44.7 Å². The van der Waals surface area contributed by atoms with Crippen molar-refractivity contribution in [2.24, 2.45) is 5.92 Å². The van der Waals surface area contributed by atoms with E-state index in [1.54, 1.807) is 19.1 Å². The summed E-state index contributed by atoms with van der Waals surface area (Å²) in [5.41, 5.74) is 5.59. The molecule has 0 aliphatic carbocycles. The molecule has 9 heteroatoms. The number of aryl methyl sites for hydroxylation is 1. The number of piperidine rings is 2. The maximum absolute atomic E-state index is 13.9. The molecule has 3 fully saturated rings. The fraction of sp³-hybridized carbons (Fsp3) is 0.432. The van der Waals surface area contributed by atoms with Crippen molar-refractivity contribution in [1.82, 2.24) is 24.6 Å². The van der Waals surface area contributed by atoms with Crippen LogP contribution in [0.3, 0.4) is 0 Å². The monoisotopic (exact) mass is 621 g/mol. The number of aldehydes is 1. The van der Waals surface area contributed by atoms with Crippen LogP contribution in [-0.4, -0.2) is 107 Å². The molecule has 0 N–H and O–H groups in total. The van der Waals surface area contributed by atoms with Crippen LogP contribution in [0, 0.1) is 12.8 Å². The van der Waals surface area contributed by atoms with Crippen LogP contribution in [0.5, 0.6) is 0 Å². The van der Waals surface area contributed by atoms with Crippen LogP contribution in [0.2, 0.25) is 0 Å². The average molecular weight is 622 g/mol. The molecule has 1 aromatic heterocycles. The third-order valence-electron chi connectivity index (χ3n) is 9.95. The summed E-state index contributed by atoms with van der Waals surface area (Å²) in [7, 11) is 0. The van der Waals surface area contributed by atoms with E-state index in [9.17, 15) is 19.2 Å². The summed E-state index contributed by atoms with van der Waals surface area (Å²) in [6, 6.07) is 19.6. The SMILES string of the molecule is CC(=O)N1CCC(C(=O)N2CCC(N3CCN(C(=O)c4cc(-c5ccc(C)cc5)nc(-c5ccc(C=O)cc5)c4)CC3)CC2)CC1. The van der Waals surface area contributed by atoms with Crippen LogP contribution in [0.4, 0.5) is 0 Å². The Kier molecular flexibility index (Phi) is 9.59. The molecule has 4 heterocycles. The Bertz CT molecular complexity index is 1560. The molecule has 0 bridgehead atoms. The summed E-state index contributed by atoms with van der Waals surface area (Å²) in [6.07, 6.45) is 4.23. The van der Waals surface area contributed by atoms with Gasteiger partial charge in [-0.2, -0.15) is 0 Å². The molecule has 2 aromatic carbocycles. The first-order valence-corrected chi connectivity index (χ1v) is 16.5. The number of likely N-dealkylation sites (tertiary alicyclic amines) is 2. The summed E-state index contributed by atoms with van der Waals surface area (Å²) < 4.78 is 0. The highest BCUT2D eigenvalue weighted by molar-refractivity contribution is 5.96. The minimum absolute atomic E-state index is 0.00240. The summed E-state index contributed by atoms with van der Waals surface area (Å²) in [4.78, 5) is 63.1. The van der Waals surface area contributed by atoms with Gasteiger partial charge in [0.25, 0.3) is 5.91 Å². The minimum Gasteiger partial charge on any atom is -0.343 e. The molecule has 0 radical (unpaired) electrons. The van der Waals surface area contributed by atoms with Crippen molar-refractivity contribution in [1.29, 1.82) is 0 Å². The Morgan fingerprint density at radius 1 is 0.696 bits per heavy atom. The maximum Gasteiger partial charge on any atom is 0.254 e. The van der Waals surface area contributed by atoms with E-state index in [0.717, 1.165) is 80.5 Å². The molecule has 3 amide bonds. The highest BCUT2D eigenvalue weighted by Crippen LogP contribution is 2.28. The standard InChI is InChI=1S/C37H43N5O4/c1-26-3-7-29(8-4-26)34-23-32(24-35(38-34)30-9-5-28(25-43)6-10-30)37(46)42-21-19-40(20-22-42)33-13-17-41(18-14-33)36(45)31-11-15-39(16-12-31)27(2)44/h3-10,23-25,31,33H,11-22H2,1-2H3. The molecule has 240 valence electrons. The molecule has 0 spiro atoms. The Morgan fingerprint density at radius 2 is 1.24 bits per heavy atom. The number of pyridine rings is 1. The zero-order valence-electron chi connectivity index (χ0n) is 26.9. The zero-order valence-corrected chi connectivity index (χ0v) is 26.9. The quantitative estimate of drug-likeness (QED) is 0.375. The Hall–Kier alpha value is -4.37. The van der Waals surface area contributed by atoms with Crippen LogP contribution in [0.15, 0.2) is 60.7 Å². The van der Waals surface area contributed by atoms with Gasteiger partial charge in [0.15, 0.2) is 0 Å². The van der Waals surface area contributed by atoms with Crippen molar-refractivity contribution >= 4 is 24.0 Å². The summed E-state index contributed by atoms with van der Waals surface area (Å²) in [6.45, 7) is 9.45. The number of hydrogen-bond acceptors (Lipinski definition) is 6. The molecule has 3 saturated heterocycles. The summed E-state index contributed by atoms with van der Waals surface area (Å²) in [5.74, 6) is 0.363. The molecule has 6 rings (SSSR count). The van der Waals surface area contributed by atoms with Gasteiger partial charge >= 0.3 is 0 Å². The van der Waals surface area contributed by atoms with E-state index < -0.39 is 0 Å². The predicted molar refractivity (Wildman–Crippen MR) is 177 cm³/mol. The number of benzene rings is 2. The summed E-state index contributed by atoms with van der Waals surface area (Å²) >= 11 is 0. The number of carbonyl (C=O) groups is 4. The van der Waals surface area contributed by atoms with E-state index in [-0.39, 0.29) is 23.6 Å². The van der Waals surface area contributed by atoms with Gasteiger partial charge in [-0.3, -0.25) is 24.1 Å². The van der Waals surface area contributed by atoms with Crippen LogP contribution in [0.1, 0.15) is 58.9 Å². The van der Waals surface area contributed by atoms with Crippen LogP contribution < -0.4 is 0 Å². The largest absolute Gasteiger partial charge is 0.343 e. The van der Waals surface area contributed by atoms with Gasteiger partial charge in [0.2, 0.25) is 11.8 Å². The lowest BCUT2D eigenvalue weighted by atomic mass is 9.93. The van der Waals surface area contributed by atoms with Gasteiger partial charge < -0.3 is 14.7 Å². The van der Waals surface area contributed by atoms with Crippen molar-refractivity contribution in [3.05, 3.63) is 77.4 Å². The fourth-order valence-electron chi connectivity index (χ4n) is 7.03. The van der Waals surface area contributed by atoms with Crippen molar-refractivity contribution in [2.75, 3.05) is 52.4 Å². The van der Waals surface area contributed by atoms with Crippen molar-refractivity contribution in [3.8, 4) is 22.5 Å². The van der Waals surface area contributed by atoms with Gasteiger partial charge in [-0.1, -0.05) is 54.1 Å². The average Bonchev–Trinajstić information content (AvgIpc) is 3.11. The van der Waals surface area contributed by atoms with Crippen LogP contribution in [-0.2, 0) is 9.59 Å². The second-order valence-electron chi connectivity index (χ2n) is 12.9. The third kappa shape index (κ3) is 7.04. The molecule has 0 atom stereocenters. The highest BCUT2D eigenvalue weighted by Gasteiger charge is 2.34. The first kappa shape index (κ1) is 31.6. The van der Waals surface area contributed by atoms with Gasteiger partial charge in [0.05, 0.1) is 11.4 Å². The van der Waals surface area contributed by atoms with E-state index in [1.807, 2.05) is 70.2 Å². The minimum atomic E-state index is -0.00240. The number of rotatable bonds is 6. The van der Waals surface area contributed by atoms with E-state index in [2.05, 4.69) is 4.90 Å². The van der Waals surface area contributed by atoms with E-state index in [4.69, 9.17) is 4.98 Å². The zero-order chi connectivity index (χ0) is 32.2. The number of piperazine rings is 1. The number of carbonyl (C=O) groups excluding carboxylic acids is 4. The summed E-state index contributed by atoms with van der Waals surface area (Å²) in [5, 5.41) is 0. The van der Waals surface area contributed by atoms with Gasteiger partial charge in [-0.15, -0.1) is 0 Å². The van der Waals surface area contributed by atoms with Gasteiger partial charge in [-0.25, -0.2) is 4.98 Å². The normalized spacial score (nSPS) is 18.4. The molecule has 0 unspecified atom stereocenters. The van der Waals surface area contributed by atoms with E-state index >= 15 is 0 Å². The topological polar surface area (TPSA) is 94.1 Å². The smallest absolute Gasteiger partial charge is 0.254 e. The highest BCUT2D eigenvalue weighted by atomic mass is 16.2. The molecule has 46 heavy (non-hydrogen) atoms. The lowest BCUT2D eigenvalue weighted by molar-refractivity contribution is -0.141. The molecular weight excluding hydrogens is 578 g/mol. The lowest BCUT2D eigenvalue weighted by Gasteiger charge is -2.43. The van der Waals surface area contributed by atoms with E-state index in [0.29, 0.717) is 49.0 Å². The number of hydrogen-bond donors (Lipinski definition) is 0. The van der Waals surface area contributed by atoms with Crippen molar-refractivity contribution < 1.29 is 19.2 Å². The van der Waals surface area contributed by atoms with Crippen molar-refractivity contribution in [3.63, 3.8) is 0 Å². The van der Waals surface area contributed by atoms with Gasteiger partial charge in [0, 0.05) is 93.5 Å². The van der Waals surface area contributed by atoms with Crippen LogP contribution in [0.25, 0.3) is 22.5 Å². The fourth-order valence-corrected chi connectivity index (χ4v) is 7.03. The molecule has 3 aliphatic heterocycles. The first-order valence-electron chi connectivity index (χ1n) is 16.5. The molecule has 0 saturated carbocycles. The molecule has 3 aliphatic rings. The maximum atomic E-state index is 13.9. The molecule has 3 aromatic rings. The predicted octanol–water partition coefficient (Wildman–Crippen LogP) is 4.54.